The predicted octanol–water partition coefficient (Wildman–Crippen LogP) is 26.6. The second-order valence-electron chi connectivity index (χ2n) is 23.9. The van der Waals surface area contributed by atoms with Crippen LogP contribution in [0.4, 0.5) is 0 Å². The van der Waals surface area contributed by atoms with Crippen LogP contribution in [0.15, 0.2) is 219 Å². The van der Waals surface area contributed by atoms with E-state index in [1.54, 1.807) is 0 Å². The predicted molar refractivity (Wildman–Crippen MR) is 407 cm³/mol. The van der Waals surface area contributed by atoms with Gasteiger partial charge in [-0.05, 0) is 154 Å². The molecule has 0 aromatic carbocycles. The van der Waals surface area contributed by atoms with E-state index in [4.69, 9.17) is 9.47 Å². The molecule has 0 rings (SSSR count). The summed E-state index contributed by atoms with van der Waals surface area (Å²) in [6, 6.07) is 0. The number of hydrogen-bond donors (Lipinski definition) is 1. The first-order chi connectivity index (χ1) is 45.6. The SMILES string of the molecule is CC/C=C\C/C=C\C/C=C\C/C=C\C/C=C\C/C=C\C/C=C\C/C=C\C/C=C\CCCCCCCCCCCCCC(=O)OCC(CO)OC(=O)CCCCCCCCCCCCC/C=C\C/C=C\C/C=C\C/C=C\C/C=C\C/C=C\C/C=C\C/C=C\C/C=C\CC. The van der Waals surface area contributed by atoms with Gasteiger partial charge in [-0.15, -0.1) is 0 Å². The van der Waals surface area contributed by atoms with Crippen molar-refractivity contribution in [1.82, 2.24) is 0 Å². The number of carbonyl (C=O) groups excluding carboxylic acids is 2. The number of ether oxygens (including phenoxy) is 2. The third-order valence-corrected chi connectivity index (χ3v) is 15.3. The van der Waals surface area contributed by atoms with E-state index >= 15 is 0 Å². The maximum atomic E-state index is 12.4. The molecular formula is C87H136O5. The van der Waals surface area contributed by atoms with Crippen LogP contribution in [-0.2, 0) is 19.1 Å². The molecule has 0 amide bonds. The summed E-state index contributed by atoms with van der Waals surface area (Å²) in [4.78, 5) is 24.7. The summed E-state index contributed by atoms with van der Waals surface area (Å²) in [7, 11) is 0. The normalized spacial score (nSPS) is 13.6. The lowest BCUT2D eigenvalue weighted by atomic mass is 10.0. The van der Waals surface area contributed by atoms with Crippen LogP contribution in [0.3, 0.4) is 0 Å². The molecule has 0 spiro atoms. The first-order valence-electron chi connectivity index (χ1n) is 37.3. The van der Waals surface area contributed by atoms with Gasteiger partial charge >= 0.3 is 11.9 Å². The lowest BCUT2D eigenvalue weighted by Crippen LogP contribution is -2.28. The molecule has 0 aliphatic rings. The van der Waals surface area contributed by atoms with Gasteiger partial charge in [0.1, 0.15) is 6.61 Å². The Hall–Kier alpha value is -5.78. The van der Waals surface area contributed by atoms with Gasteiger partial charge in [0.15, 0.2) is 6.10 Å². The Kier molecular flexibility index (Phi) is 74.5. The van der Waals surface area contributed by atoms with Gasteiger partial charge in [-0.2, -0.15) is 0 Å². The molecule has 92 heavy (non-hydrogen) atoms. The van der Waals surface area contributed by atoms with Gasteiger partial charge < -0.3 is 14.6 Å². The van der Waals surface area contributed by atoms with E-state index in [0.29, 0.717) is 12.8 Å². The molecule has 5 nitrogen and oxygen atoms in total. The van der Waals surface area contributed by atoms with Gasteiger partial charge in [-0.25, -0.2) is 0 Å². The zero-order valence-corrected chi connectivity index (χ0v) is 59.0. The zero-order valence-electron chi connectivity index (χ0n) is 59.0. The van der Waals surface area contributed by atoms with Crippen molar-refractivity contribution >= 4 is 11.9 Å². The van der Waals surface area contributed by atoms with Crippen LogP contribution < -0.4 is 0 Å². The van der Waals surface area contributed by atoms with Crippen LogP contribution in [0.2, 0.25) is 0 Å². The van der Waals surface area contributed by atoms with E-state index in [1.165, 1.54) is 116 Å². The molecule has 514 valence electrons. The molecule has 0 saturated carbocycles. The molecule has 0 aromatic rings. The van der Waals surface area contributed by atoms with E-state index in [-0.39, 0.29) is 25.2 Å². The first kappa shape index (κ1) is 86.2. The topological polar surface area (TPSA) is 72.8 Å². The minimum Gasteiger partial charge on any atom is -0.462 e. The van der Waals surface area contributed by atoms with Crippen molar-refractivity contribution < 1.29 is 24.2 Å². The highest BCUT2D eigenvalue weighted by Crippen LogP contribution is 2.16. The fourth-order valence-electron chi connectivity index (χ4n) is 9.78. The molecule has 5 heteroatoms. The Bertz CT molecular complexity index is 2170. The molecule has 0 saturated heterocycles. The molecule has 0 aliphatic heterocycles. The molecule has 0 radical (unpaired) electrons. The summed E-state index contributed by atoms with van der Waals surface area (Å²) < 4.78 is 10.8. The monoisotopic (exact) mass is 1260 g/mol. The van der Waals surface area contributed by atoms with Crippen molar-refractivity contribution in [3.63, 3.8) is 0 Å². The number of esters is 2. The van der Waals surface area contributed by atoms with Crippen LogP contribution in [0.25, 0.3) is 0 Å². The fourth-order valence-corrected chi connectivity index (χ4v) is 9.78. The lowest BCUT2D eigenvalue weighted by molar-refractivity contribution is -0.161. The summed E-state index contributed by atoms with van der Waals surface area (Å²) >= 11 is 0. The Morgan fingerprint density at radius 2 is 0.435 bits per heavy atom. The van der Waals surface area contributed by atoms with E-state index < -0.39 is 6.10 Å². The van der Waals surface area contributed by atoms with Gasteiger partial charge in [-0.3, -0.25) is 9.59 Å². The van der Waals surface area contributed by atoms with Gasteiger partial charge in [-0.1, -0.05) is 348 Å². The van der Waals surface area contributed by atoms with E-state index in [0.717, 1.165) is 154 Å². The summed E-state index contributed by atoms with van der Waals surface area (Å²) in [6.07, 6.45) is 128. The highest BCUT2D eigenvalue weighted by molar-refractivity contribution is 5.70. The minimum absolute atomic E-state index is 0.0800. The quantitative estimate of drug-likeness (QED) is 0.0373. The van der Waals surface area contributed by atoms with Crippen molar-refractivity contribution in [1.29, 1.82) is 0 Å². The summed E-state index contributed by atoms with van der Waals surface area (Å²) in [5.74, 6) is -0.606. The molecule has 1 unspecified atom stereocenters. The van der Waals surface area contributed by atoms with Gasteiger partial charge in [0.2, 0.25) is 0 Å². The third kappa shape index (κ3) is 76.7. The van der Waals surface area contributed by atoms with Crippen molar-refractivity contribution in [2.45, 2.75) is 302 Å². The van der Waals surface area contributed by atoms with E-state index in [9.17, 15) is 14.7 Å². The molecular weight excluding hydrogens is 1120 g/mol. The van der Waals surface area contributed by atoms with Crippen LogP contribution >= 0.6 is 0 Å². The fraction of sp³-hybridized carbons (Fsp3) is 0.563. The average Bonchev–Trinajstić information content (AvgIpc) is 3.75. The average molecular weight is 1260 g/mol. The Morgan fingerprint density at radius 1 is 0.250 bits per heavy atom. The highest BCUT2D eigenvalue weighted by Gasteiger charge is 2.16. The van der Waals surface area contributed by atoms with Crippen molar-refractivity contribution in [3.8, 4) is 0 Å². The number of allylic oxidation sites excluding steroid dienone is 36. The molecule has 0 heterocycles. The van der Waals surface area contributed by atoms with Crippen molar-refractivity contribution in [3.05, 3.63) is 219 Å². The first-order valence-corrected chi connectivity index (χ1v) is 37.3. The second-order valence-corrected chi connectivity index (χ2v) is 23.9. The number of rotatable bonds is 66. The van der Waals surface area contributed by atoms with E-state index in [2.05, 4.69) is 233 Å². The van der Waals surface area contributed by atoms with Gasteiger partial charge in [0.05, 0.1) is 6.61 Å². The lowest BCUT2D eigenvalue weighted by Gasteiger charge is -2.15. The minimum atomic E-state index is -0.792. The highest BCUT2D eigenvalue weighted by atomic mass is 16.6. The Labute approximate surface area is 567 Å². The second kappa shape index (κ2) is 79.5. The largest absolute Gasteiger partial charge is 0.462 e. The number of aliphatic hydroxyl groups excluding tert-OH is 1. The molecule has 0 fully saturated rings. The standard InChI is InChI=1S/C87H136O5/c1-3-5-7-9-11-13-15-17-19-21-23-25-27-29-31-33-35-37-39-41-43-45-47-49-51-53-55-57-59-61-63-65-67-69-71-73-75-77-79-81-86(89)91-84-85(83-88)92-87(90)82-80-78-76-74-72-70-68-66-64-62-60-58-56-54-52-50-48-46-44-42-40-38-36-34-32-30-28-26-24-22-20-18-16-14-12-10-8-6-4-2/h5-8,11-14,17-20,23-26,29-32,35-38,41-44,47-50,53-56,85,88H,3-4,9-10,15-16,21-22,27-28,33-34,39-40,45-46,51-52,57-84H2,1-2H3/b7-5-,8-6-,13-11-,14-12-,19-17-,20-18-,25-23-,26-24-,31-29-,32-30-,37-35-,38-36-,43-41-,44-42-,49-47-,50-48-,55-53-,56-54-. The molecule has 0 aromatic heterocycles. The van der Waals surface area contributed by atoms with E-state index in [1.807, 2.05) is 0 Å². The van der Waals surface area contributed by atoms with Crippen LogP contribution in [0, 0.1) is 0 Å². The maximum absolute atomic E-state index is 12.4. The number of unbranched alkanes of at least 4 members (excludes halogenated alkanes) is 22. The number of carbonyl (C=O) groups is 2. The maximum Gasteiger partial charge on any atom is 0.306 e. The molecule has 0 bridgehead atoms. The Morgan fingerprint density at radius 3 is 0.652 bits per heavy atom. The van der Waals surface area contributed by atoms with Crippen molar-refractivity contribution in [2.75, 3.05) is 13.2 Å². The van der Waals surface area contributed by atoms with Gasteiger partial charge in [0.25, 0.3) is 0 Å². The smallest absolute Gasteiger partial charge is 0.306 e. The number of hydrogen-bond acceptors (Lipinski definition) is 5. The Balaban J connectivity index is 3.58. The third-order valence-electron chi connectivity index (χ3n) is 15.3. The molecule has 1 N–H and O–H groups in total. The summed E-state index contributed by atoms with van der Waals surface area (Å²) in [6.45, 7) is 3.91. The number of aliphatic hydroxyl groups is 1. The zero-order chi connectivity index (χ0) is 66.1. The molecule has 0 aliphatic carbocycles. The van der Waals surface area contributed by atoms with Crippen molar-refractivity contribution in [2.24, 2.45) is 0 Å². The van der Waals surface area contributed by atoms with Crippen LogP contribution in [0.5, 0.6) is 0 Å². The van der Waals surface area contributed by atoms with Crippen LogP contribution in [0.1, 0.15) is 296 Å². The van der Waals surface area contributed by atoms with Crippen LogP contribution in [-0.4, -0.2) is 36.4 Å². The molecule has 1 atom stereocenters. The summed E-state index contributed by atoms with van der Waals surface area (Å²) in [5.41, 5.74) is 0. The van der Waals surface area contributed by atoms with Gasteiger partial charge in [0, 0.05) is 12.8 Å². The summed E-state index contributed by atoms with van der Waals surface area (Å²) in [5, 5.41) is 9.72.